The van der Waals surface area contributed by atoms with Crippen LogP contribution < -0.4 is 0 Å². The highest BCUT2D eigenvalue weighted by Gasteiger charge is 2.40. The second-order valence-corrected chi connectivity index (χ2v) is 9.10. The quantitative estimate of drug-likeness (QED) is 0.220. The predicted molar refractivity (Wildman–Crippen MR) is 123 cm³/mol. The van der Waals surface area contributed by atoms with Gasteiger partial charge in [-0.15, -0.1) is 0 Å². The van der Waals surface area contributed by atoms with Gasteiger partial charge in [-0.3, -0.25) is 0 Å². The van der Waals surface area contributed by atoms with Crippen LogP contribution in [0.25, 0.3) is 0 Å². The Kier molecular flexibility index (Phi) is 18.1. The van der Waals surface area contributed by atoms with E-state index < -0.39 is 24.4 Å². The number of hydrogen-bond acceptors (Lipinski definition) is 5. The molecule has 0 aromatic carbocycles. The first-order chi connectivity index (χ1) is 14.7. The predicted octanol–water partition coefficient (Wildman–Crippen LogP) is 5.14. The molecule has 0 bridgehead atoms. The third kappa shape index (κ3) is 13.3. The summed E-state index contributed by atoms with van der Waals surface area (Å²) in [5, 5.41) is 28.8. The van der Waals surface area contributed by atoms with Crippen LogP contribution in [-0.2, 0) is 9.47 Å². The fourth-order valence-electron chi connectivity index (χ4n) is 4.27. The molecule has 1 rings (SSSR count). The van der Waals surface area contributed by atoms with E-state index >= 15 is 0 Å². The molecule has 0 amide bonds. The Bertz CT molecular complexity index is 365. The monoisotopic (exact) mass is 430 g/mol. The van der Waals surface area contributed by atoms with Crippen LogP contribution in [-0.4, -0.2) is 59.6 Å². The van der Waals surface area contributed by atoms with Crippen LogP contribution in [0.1, 0.15) is 116 Å². The molecule has 4 atom stereocenters. The Morgan fingerprint density at radius 3 is 1.53 bits per heavy atom. The standard InChI is InChI=1S/C25H50O5/c1-2-3-4-5-6-7-8-9-10-11-12-13-14-15-16-17-18-19-29-23(20-26)25-24(28)22(27)21-30-25/h22-28H,2-21H2,1H3/t22-,23+,24-,25-/m0/s1. The normalized spacial score (nSPS) is 22.6. The van der Waals surface area contributed by atoms with Crippen molar-refractivity contribution in [1.29, 1.82) is 0 Å². The van der Waals surface area contributed by atoms with Gasteiger partial charge in [0.25, 0.3) is 0 Å². The smallest absolute Gasteiger partial charge is 0.114 e. The molecule has 0 saturated carbocycles. The first-order valence-electron chi connectivity index (χ1n) is 12.9. The van der Waals surface area contributed by atoms with E-state index in [0.29, 0.717) is 6.61 Å². The summed E-state index contributed by atoms with van der Waals surface area (Å²) in [6.07, 6.45) is 19.8. The highest BCUT2D eigenvalue weighted by Crippen LogP contribution is 2.20. The van der Waals surface area contributed by atoms with Crippen molar-refractivity contribution < 1.29 is 24.8 Å². The molecule has 0 radical (unpaired) electrons. The summed E-state index contributed by atoms with van der Waals surface area (Å²) in [4.78, 5) is 0. The molecule has 1 aliphatic heterocycles. The van der Waals surface area contributed by atoms with Crippen LogP contribution >= 0.6 is 0 Å². The summed E-state index contributed by atoms with van der Waals surface area (Å²) in [5.41, 5.74) is 0. The molecule has 0 unspecified atom stereocenters. The van der Waals surface area contributed by atoms with Gasteiger partial charge in [0, 0.05) is 6.61 Å². The van der Waals surface area contributed by atoms with E-state index in [2.05, 4.69) is 6.92 Å². The Labute approximate surface area is 185 Å². The number of aliphatic hydroxyl groups excluding tert-OH is 3. The number of aliphatic hydroxyl groups is 3. The van der Waals surface area contributed by atoms with Crippen molar-refractivity contribution in [2.75, 3.05) is 19.8 Å². The zero-order chi connectivity index (χ0) is 21.9. The molecule has 1 heterocycles. The van der Waals surface area contributed by atoms with Crippen molar-refractivity contribution >= 4 is 0 Å². The molecule has 0 aliphatic carbocycles. The van der Waals surface area contributed by atoms with Crippen LogP contribution in [0.15, 0.2) is 0 Å². The molecule has 0 aromatic rings. The van der Waals surface area contributed by atoms with Crippen molar-refractivity contribution in [1.82, 2.24) is 0 Å². The van der Waals surface area contributed by atoms with E-state index in [-0.39, 0.29) is 13.2 Å². The minimum absolute atomic E-state index is 0.102. The fraction of sp³-hybridized carbons (Fsp3) is 1.00. The molecule has 3 N–H and O–H groups in total. The minimum Gasteiger partial charge on any atom is -0.394 e. The average Bonchev–Trinajstić information content (AvgIpc) is 3.08. The number of unbranched alkanes of at least 4 members (excludes halogenated alkanes) is 16. The number of ether oxygens (including phenoxy) is 2. The second-order valence-electron chi connectivity index (χ2n) is 9.10. The molecular weight excluding hydrogens is 380 g/mol. The molecule has 1 saturated heterocycles. The van der Waals surface area contributed by atoms with Gasteiger partial charge in [-0.25, -0.2) is 0 Å². The molecule has 0 spiro atoms. The molecule has 1 aliphatic rings. The first kappa shape index (κ1) is 27.8. The first-order valence-corrected chi connectivity index (χ1v) is 12.9. The zero-order valence-electron chi connectivity index (χ0n) is 19.6. The van der Waals surface area contributed by atoms with Crippen LogP contribution in [0.2, 0.25) is 0 Å². The third-order valence-electron chi connectivity index (χ3n) is 6.32. The maximum absolute atomic E-state index is 9.84. The lowest BCUT2D eigenvalue weighted by molar-refractivity contribution is -0.101. The average molecular weight is 431 g/mol. The molecule has 1 fully saturated rings. The second kappa shape index (κ2) is 19.5. The highest BCUT2D eigenvalue weighted by atomic mass is 16.6. The lowest BCUT2D eigenvalue weighted by Gasteiger charge is -2.24. The number of hydrogen-bond donors (Lipinski definition) is 3. The van der Waals surface area contributed by atoms with Gasteiger partial charge in [-0.2, -0.15) is 0 Å². The van der Waals surface area contributed by atoms with E-state index in [1.165, 1.54) is 96.3 Å². The van der Waals surface area contributed by atoms with Crippen molar-refractivity contribution in [3.05, 3.63) is 0 Å². The summed E-state index contributed by atoms with van der Waals surface area (Å²) in [7, 11) is 0. The molecule has 180 valence electrons. The van der Waals surface area contributed by atoms with Crippen LogP contribution in [0.3, 0.4) is 0 Å². The molecule has 0 aromatic heterocycles. The highest BCUT2D eigenvalue weighted by molar-refractivity contribution is 4.88. The molecule has 5 nitrogen and oxygen atoms in total. The lowest BCUT2D eigenvalue weighted by atomic mass is 10.0. The van der Waals surface area contributed by atoms with Gasteiger partial charge in [0.05, 0.1) is 13.2 Å². The van der Waals surface area contributed by atoms with E-state index in [4.69, 9.17) is 9.47 Å². The van der Waals surface area contributed by atoms with Gasteiger partial charge in [0.15, 0.2) is 0 Å². The third-order valence-corrected chi connectivity index (χ3v) is 6.32. The lowest BCUT2D eigenvalue weighted by Crippen LogP contribution is -2.42. The largest absolute Gasteiger partial charge is 0.394 e. The molecular formula is C25H50O5. The maximum Gasteiger partial charge on any atom is 0.114 e. The summed E-state index contributed by atoms with van der Waals surface area (Å²) in [5.74, 6) is 0. The van der Waals surface area contributed by atoms with E-state index in [1.807, 2.05) is 0 Å². The topological polar surface area (TPSA) is 79.2 Å². The minimum atomic E-state index is -0.974. The van der Waals surface area contributed by atoms with Gasteiger partial charge in [0.1, 0.15) is 24.4 Å². The van der Waals surface area contributed by atoms with Crippen molar-refractivity contribution in [3.63, 3.8) is 0 Å². The maximum atomic E-state index is 9.84. The number of rotatable bonds is 21. The summed E-state index contributed by atoms with van der Waals surface area (Å²) in [6.45, 7) is 2.74. The van der Waals surface area contributed by atoms with Crippen LogP contribution in [0.4, 0.5) is 0 Å². The van der Waals surface area contributed by atoms with Crippen molar-refractivity contribution in [3.8, 4) is 0 Å². The van der Waals surface area contributed by atoms with E-state index in [9.17, 15) is 15.3 Å². The zero-order valence-corrected chi connectivity index (χ0v) is 19.6. The van der Waals surface area contributed by atoms with E-state index in [0.717, 1.165) is 12.8 Å². The Morgan fingerprint density at radius 1 is 0.733 bits per heavy atom. The summed E-state index contributed by atoms with van der Waals surface area (Å²) >= 11 is 0. The van der Waals surface area contributed by atoms with Crippen LogP contribution in [0.5, 0.6) is 0 Å². The fourth-order valence-corrected chi connectivity index (χ4v) is 4.27. The van der Waals surface area contributed by atoms with Gasteiger partial charge < -0.3 is 24.8 Å². The summed E-state index contributed by atoms with van der Waals surface area (Å²) < 4.78 is 11.0. The SMILES string of the molecule is CCCCCCCCCCCCCCCCCCCO[C@H](CO)[C@@H]1OC[C@H](O)[C@@H]1O. The Morgan fingerprint density at radius 2 is 1.17 bits per heavy atom. The van der Waals surface area contributed by atoms with Crippen LogP contribution in [0, 0.1) is 0 Å². The van der Waals surface area contributed by atoms with Gasteiger partial charge in [-0.05, 0) is 6.42 Å². The van der Waals surface area contributed by atoms with Crippen molar-refractivity contribution in [2.45, 2.75) is 140 Å². The Balaban J connectivity index is 1.79. The van der Waals surface area contributed by atoms with E-state index in [1.54, 1.807) is 0 Å². The Hall–Kier alpha value is -0.200. The van der Waals surface area contributed by atoms with Gasteiger partial charge >= 0.3 is 0 Å². The van der Waals surface area contributed by atoms with Gasteiger partial charge in [0.2, 0.25) is 0 Å². The van der Waals surface area contributed by atoms with Crippen molar-refractivity contribution in [2.24, 2.45) is 0 Å². The molecule has 5 heteroatoms. The van der Waals surface area contributed by atoms with Gasteiger partial charge in [-0.1, -0.05) is 110 Å². The molecule has 30 heavy (non-hydrogen) atoms. The summed E-state index contributed by atoms with van der Waals surface area (Å²) in [6, 6.07) is 0.